The van der Waals surface area contributed by atoms with Crippen LogP contribution in [0.3, 0.4) is 0 Å². The fourth-order valence-corrected chi connectivity index (χ4v) is 4.04. The summed E-state index contributed by atoms with van der Waals surface area (Å²) in [6, 6.07) is 13.5. The Kier molecular flexibility index (Phi) is 4.79. The first kappa shape index (κ1) is 17.3. The summed E-state index contributed by atoms with van der Waals surface area (Å²) >= 11 is 0. The molecule has 1 N–H and O–H groups in total. The smallest absolute Gasteiger partial charge is 0.123 e. The molecule has 2 aromatic carbocycles. The van der Waals surface area contributed by atoms with Gasteiger partial charge in [0.2, 0.25) is 0 Å². The van der Waals surface area contributed by atoms with E-state index in [1.165, 1.54) is 47.0 Å². The first-order chi connectivity index (χ1) is 12.6. The van der Waals surface area contributed by atoms with E-state index >= 15 is 0 Å². The van der Waals surface area contributed by atoms with Gasteiger partial charge in [-0.2, -0.15) is 0 Å². The highest BCUT2D eigenvalue weighted by atomic mass is 19.1. The third kappa shape index (κ3) is 3.39. The first-order valence-electron chi connectivity index (χ1n) is 9.37. The minimum absolute atomic E-state index is 0.197. The minimum atomic E-state index is -0.197. The minimum Gasteiger partial charge on any atom is -0.317 e. The molecule has 0 spiro atoms. The van der Waals surface area contributed by atoms with Crippen molar-refractivity contribution in [3.05, 3.63) is 65.6 Å². The van der Waals surface area contributed by atoms with Crippen LogP contribution in [0.4, 0.5) is 4.39 Å². The summed E-state index contributed by atoms with van der Waals surface area (Å²) in [5, 5.41) is 4.79. The Morgan fingerprint density at radius 1 is 1.08 bits per heavy atom. The number of benzene rings is 2. The summed E-state index contributed by atoms with van der Waals surface area (Å²) in [4.78, 5) is 2.20. The molecule has 1 aliphatic rings. The summed E-state index contributed by atoms with van der Waals surface area (Å²) in [5.41, 5.74) is 4.96. The molecule has 0 radical (unpaired) electrons. The Morgan fingerprint density at radius 3 is 2.50 bits per heavy atom. The Hall–Kier alpha value is -2.17. The number of hydrogen-bond donors (Lipinski definition) is 1. The molecular formula is C22H26FN3. The number of piperidine rings is 1. The lowest BCUT2D eigenvalue weighted by atomic mass is 9.89. The van der Waals surface area contributed by atoms with Crippen molar-refractivity contribution in [1.29, 1.82) is 0 Å². The quantitative estimate of drug-likeness (QED) is 0.756. The fraction of sp³-hybridized carbons (Fsp3) is 0.364. The van der Waals surface area contributed by atoms with Crippen LogP contribution < -0.4 is 5.32 Å². The molecule has 0 bridgehead atoms. The summed E-state index contributed by atoms with van der Waals surface area (Å²) in [6.45, 7) is 3.08. The molecule has 0 saturated carbocycles. The molecule has 4 heteroatoms. The predicted octanol–water partition coefficient (Wildman–Crippen LogP) is 4.30. The maximum atomic E-state index is 13.4. The molecule has 26 heavy (non-hydrogen) atoms. The van der Waals surface area contributed by atoms with Crippen LogP contribution in [-0.2, 0) is 6.54 Å². The zero-order chi connectivity index (χ0) is 18.1. The molecule has 1 aliphatic heterocycles. The zero-order valence-electron chi connectivity index (χ0n) is 15.5. The van der Waals surface area contributed by atoms with Gasteiger partial charge in [0.05, 0.1) is 5.52 Å². The van der Waals surface area contributed by atoms with Crippen LogP contribution in [0.25, 0.3) is 16.6 Å². The highest BCUT2D eigenvalue weighted by molar-refractivity contribution is 5.87. The molecule has 3 aromatic rings. The molecule has 0 amide bonds. The maximum Gasteiger partial charge on any atom is 0.123 e. The lowest BCUT2D eigenvalue weighted by Gasteiger charge is -2.22. The van der Waals surface area contributed by atoms with E-state index < -0.39 is 0 Å². The topological polar surface area (TPSA) is 20.2 Å². The van der Waals surface area contributed by atoms with Crippen LogP contribution in [0.5, 0.6) is 0 Å². The number of aromatic nitrogens is 1. The summed E-state index contributed by atoms with van der Waals surface area (Å²) in [6.07, 6.45) is 4.61. The second-order valence-corrected chi connectivity index (χ2v) is 7.54. The number of halogens is 1. The Balaban J connectivity index is 1.85. The van der Waals surface area contributed by atoms with Crippen LogP contribution in [0.1, 0.15) is 29.9 Å². The lowest BCUT2D eigenvalue weighted by Crippen LogP contribution is -2.26. The van der Waals surface area contributed by atoms with Gasteiger partial charge in [0.1, 0.15) is 5.82 Å². The van der Waals surface area contributed by atoms with E-state index in [0.29, 0.717) is 5.92 Å². The monoisotopic (exact) mass is 351 g/mol. The molecule has 3 nitrogen and oxygen atoms in total. The van der Waals surface area contributed by atoms with Gasteiger partial charge in [0.25, 0.3) is 0 Å². The van der Waals surface area contributed by atoms with E-state index in [4.69, 9.17) is 0 Å². The normalized spacial score (nSPS) is 15.8. The van der Waals surface area contributed by atoms with Crippen molar-refractivity contribution in [1.82, 2.24) is 14.8 Å². The van der Waals surface area contributed by atoms with Gasteiger partial charge >= 0.3 is 0 Å². The third-order valence-corrected chi connectivity index (χ3v) is 5.28. The molecule has 0 unspecified atom stereocenters. The van der Waals surface area contributed by atoms with Gasteiger partial charge in [0, 0.05) is 23.8 Å². The van der Waals surface area contributed by atoms with E-state index in [1.54, 1.807) is 0 Å². The van der Waals surface area contributed by atoms with Gasteiger partial charge in [-0.3, -0.25) is 0 Å². The maximum absolute atomic E-state index is 13.4. The van der Waals surface area contributed by atoms with Gasteiger partial charge in [-0.1, -0.05) is 6.07 Å². The van der Waals surface area contributed by atoms with Crippen LogP contribution in [0, 0.1) is 5.82 Å². The number of fused-ring (bicyclic) bond motifs is 1. The van der Waals surface area contributed by atoms with Gasteiger partial charge < -0.3 is 14.8 Å². The Labute approximate surface area is 154 Å². The van der Waals surface area contributed by atoms with Crippen molar-refractivity contribution >= 4 is 10.9 Å². The molecule has 1 aromatic heterocycles. The standard InChI is InChI=1S/C22H26FN3/c1-25(2)14-16-3-8-22-20(13-16)21(17-9-11-24-12-10-17)15-26(22)19-6-4-18(23)5-7-19/h3-8,13,15,17,24H,9-12,14H2,1-2H3. The molecule has 2 heterocycles. The Bertz CT molecular complexity index is 890. The van der Waals surface area contributed by atoms with E-state index in [1.807, 2.05) is 12.1 Å². The number of hydrogen-bond acceptors (Lipinski definition) is 2. The summed E-state index contributed by atoms with van der Waals surface area (Å²) in [7, 11) is 4.20. The van der Waals surface area contributed by atoms with Crippen molar-refractivity contribution in [3.63, 3.8) is 0 Å². The summed E-state index contributed by atoms with van der Waals surface area (Å²) in [5.74, 6) is 0.382. The van der Waals surface area contributed by atoms with Crippen LogP contribution in [0.2, 0.25) is 0 Å². The molecule has 1 saturated heterocycles. The van der Waals surface area contributed by atoms with E-state index in [0.717, 1.165) is 25.3 Å². The highest BCUT2D eigenvalue weighted by Crippen LogP contribution is 2.35. The van der Waals surface area contributed by atoms with E-state index in [9.17, 15) is 4.39 Å². The van der Waals surface area contributed by atoms with Crippen molar-refractivity contribution < 1.29 is 4.39 Å². The van der Waals surface area contributed by atoms with Crippen molar-refractivity contribution in [2.45, 2.75) is 25.3 Å². The van der Waals surface area contributed by atoms with Crippen molar-refractivity contribution in [2.24, 2.45) is 0 Å². The SMILES string of the molecule is CN(C)Cc1ccc2c(c1)c(C1CCNCC1)cn2-c1ccc(F)cc1. The van der Waals surface area contributed by atoms with Crippen molar-refractivity contribution in [2.75, 3.05) is 27.2 Å². The average Bonchev–Trinajstić information content (AvgIpc) is 3.01. The van der Waals surface area contributed by atoms with E-state index in [-0.39, 0.29) is 5.82 Å². The van der Waals surface area contributed by atoms with Crippen LogP contribution in [0.15, 0.2) is 48.7 Å². The number of rotatable bonds is 4. The van der Waals surface area contributed by atoms with Gasteiger partial charge in [-0.15, -0.1) is 0 Å². The van der Waals surface area contributed by atoms with Crippen LogP contribution >= 0.6 is 0 Å². The predicted molar refractivity (Wildman–Crippen MR) is 105 cm³/mol. The van der Waals surface area contributed by atoms with E-state index in [2.05, 4.69) is 53.3 Å². The molecule has 136 valence electrons. The Morgan fingerprint density at radius 2 is 1.81 bits per heavy atom. The van der Waals surface area contributed by atoms with Gasteiger partial charge in [-0.25, -0.2) is 4.39 Å². The fourth-order valence-electron chi connectivity index (χ4n) is 4.04. The molecule has 0 aliphatic carbocycles. The molecule has 1 fully saturated rings. The van der Waals surface area contributed by atoms with Gasteiger partial charge in [-0.05, 0) is 93.5 Å². The molecule has 0 atom stereocenters. The zero-order valence-corrected chi connectivity index (χ0v) is 15.5. The molecule has 4 rings (SSSR count). The van der Waals surface area contributed by atoms with Crippen LogP contribution in [-0.4, -0.2) is 36.7 Å². The number of nitrogens with zero attached hydrogens (tertiary/aromatic N) is 2. The molecular weight excluding hydrogens is 325 g/mol. The number of nitrogens with one attached hydrogen (secondary N) is 1. The first-order valence-corrected chi connectivity index (χ1v) is 9.37. The second-order valence-electron chi connectivity index (χ2n) is 7.54. The average molecular weight is 351 g/mol. The van der Waals surface area contributed by atoms with Gasteiger partial charge in [0.15, 0.2) is 0 Å². The summed E-state index contributed by atoms with van der Waals surface area (Å²) < 4.78 is 15.6. The highest BCUT2D eigenvalue weighted by Gasteiger charge is 2.21. The second kappa shape index (κ2) is 7.22. The van der Waals surface area contributed by atoms with Crippen molar-refractivity contribution in [3.8, 4) is 5.69 Å². The lowest BCUT2D eigenvalue weighted by molar-refractivity contribution is 0.402. The largest absolute Gasteiger partial charge is 0.317 e. The third-order valence-electron chi connectivity index (χ3n) is 5.28.